The van der Waals surface area contributed by atoms with Gasteiger partial charge in [0.15, 0.2) is 6.61 Å². The number of hydrogen-bond acceptors (Lipinski definition) is 7. The number of rotatable bonds is 9. The number of ether oxygens (including phenoxy) is 3. The zero-order chi connectivity index (χ0) is 25.6. The summed E-state index contributed by atoms with van der Waals surface area (Å²) in [5.41, 5.74) is 1.85. The summed E-state index contributed by atoms with van der Waals surface area (Å²) >= 11 is 0. The van der Waals surface area contributed by atoms with Gasteiger partial charge in [0.05, 0.1) is 36.1 Å². The van der Waals surface area contributed by atoms with Crippen LogP contribution < -0.4 is 19.1 Å². The van der Waals surface area contributed by atoms with E-state index in [1.54, 1.807) is 42.5 Å². The number of anilines is 2. The molecule has 0 fully saturated rings. The van der Waals surface area contributed by atoms with Crippen LogP contribution in [-0.2, 0) is 19.6 Å². The molecule has 0 aliphatic heterocycles. The monoisotopic (exact) mass is 498 g/mol. The Bertz CT molecular complexity index is 1300. The van der Waals surface area contributed by atoms with Crippen LogP contribution in [0, 0.1) is 6.92 Å². The molecule has 0 unspecified atom stereocenters. The fourth-order valence-corrected chi connectivity index (χ4v) is 4.32. The number of amides is 1. The maximum atomic E-state index is 12.8. The minimum absolute atomic E-state index is 0.160. The van der Waals surface area contributed by atoms with E-state index in [0.29, 0.717) is 22.9 Å². The molecule has 10 heteroatoms. The number of hydrogen-bond donors (Lipinski definition) is 1. The predicted octanol–water partition coefficient (Wildman–Crippen LogP) is 3.63. The van der Waals surface area contributed by atoms with E-state index in [2.05, 4.69) is 5.32 Å². The highest BCUT2D eigenvalue weighted by atomic mass is 32.2. The topological polar surface area (TPSA) is 111 Å². The minimum atomic E-state index is -3.76. The van der Waals surface area contributed by atoms with Gasteiger partial charge in [-0.3, -0.25) is 9.10 Å². The Labute approximate surface area is 204 Å². The predicted molar refractivity (Wildman–Crippen MR) is 132 cm³/mol. The van der Waals surface area contributed by atoms with Crippen molar-refractivity contribution in [2.45, 2.75) is 11.8 Å². The Morgan fingerprint density at radius 1 is 0.914 bits per heavy atom. The standard InChI is InChI=1S/C25H26N2O7S/c1-17-5-12-21(13-6-17)35(30,31)27(2)19-9-7-18(8-10-19)25(29)34-16-24(28)26-22-15-20(32-3)11-14-23(22)33-4/h5-15H,16H2,1-4H3,(H,26,28). The van der Waals surface area contributed by atoms with Gasteiger partial charge in [-0.15, -0.1) is 0 Å². The van der Waals surface area contributed by atoms with Gasteiger partial charge < -0.3 is 19.5 Å². The van der Waals surface area contributed by atoms with Crippen molar-refractivity contribution < 1.29 is 32.2 Å². The number of sulfonamides is 1. The van der Waals surface area contributed by atoms with Gasteiger partial charge in [-0.2, -0.15) is 0 Å². The molecule has 0 spiro atoms. The average molecular weight is 499 g/mol. The van der Waals surface area contributed by atoms with Crippen molar-refractivity contribution in [1.82, 2.24) is 0 Å². The molecule has 3 rings (SSSR count). The molecule has 0 atom stereocenters. The number of methoxy groups -OCH3 is 2. The third-order valence-electron chi connectivity index (χ3n) is 5.16. The molecule has 0 bridgehead atoms. The largest absolute Gasteiger partial charge is 0.497 e. The SMILES string of the molecule is COc1ccc(OC)c(NC(=O)COC(=O)c2ccc(N(C)S(=O)(=O)c3ccc(C)cc3)cc2)c1. The quantitative estimate of drug-likeness (QED) is 0.449. The number of carbonyl (C=O) groups excluding carboxylic acids is 2. The Kier molecular flexibility index (Phi) is 7.98. The van der Waals surface area contributed by atoms with Crippen molar-refractivity contribution in [3.05, 3.63) is 77.9 Å². The van der Waals surface area contributed by atoms with Crippen LogP contribution in [-0.4, -0.2) is 48.2 Å². The first kappa shape index (κ1) is 25.6. The average Bonchev–Trinajstić information content (AvgIpc) is 2.87. The lowest BCUT2D eigenvalue weighted by Crippen LogP contribution is -2.26. The second-order valence-corrected chi connectivity index (χ2v) is 9.49. The molecule has 0 saturated carbocycles. The van der Waals surface area contributed by atoms with E-state index in [0.717, 1.165) is 9.87 Å². The lowest BCUT2D eigenvalue weighted by atomic mass is 10.2. The summed E-state index contributed by atoms with van der Waals surface area (Å²) < 4.78 is 42.3. The van der Waals surface area contributed by atoms with Gasteiger partial charge in [-0.1, -0.05) is 17.7 Å². The van der Waals surface area contributed by atoms with E-state index in [1.807, 2.05) is 6.92 Å². The first-order valence-electron chi connectivity index (χ1n) is 10.5. The van der Waals surface area contributed by atoms with E-state index in [9.17, 15) is 18.0 Å². The molecular formula is C25H26N2O7S. The fraction of sp³-hybridized carbons (Fsp3) is 0.200. The molecule has 0 aliphatic rings. The van der Waals surface area contributed by atoms with Crippen LogP contribution in [0.4, 0.5) is 11.4 Å². The number of nitrogens with one attached hydrogen (secondary N) is 1. The van der Waals surface area contributed by atoms with Gasteiger partial charge >= 0.3 is 5.97 Å². The first-order chi connectivity index (χ1) is 16.6. The zero-order valence-electron chi connectivity index (χ0n) is 19.8. The van der Waals surface area contributed by atoms with Crippen LogP contribution in [0.1, 0.15) is 15.9 Å². The minimum Gasteiger partial charge on any atom is -0.497 e. The van der Waals surface area contributed by atoms with Crippen LogP contribution in [0.3, 0.4) is 0 Å². The normalized spacial score (nSPS) is 10.9. The van der Waals surface area contributed by atoms with E-state index in [1.165, 1.54) is 45.5 Å². The fourth-order valence-electron chi connectivity index (χ4n) is 3.13. The van der Waals surface area contributed by atoms with Crippen molar-refractivity contribution >= 4 is 33.3 Å². The van der Waals surface area contributed by atoms with Gasteiger partial charge in [0.2, 0.25) is 0 Å². The third kappa shape index (κ3) is 6.10. The lowest BCUT2D eigenvalue weighted by molar-refractivity contribution is -0.119. The van der Waals surface area contributed by atoms with Crippen molar-refractivity contribution in [2.75, 3.05) is 37.5 Å². The van der Waals surface area contributed by atoms with Crippen LogP contribution in [0.25, 0.3) is 0 Å². The van der Waals surface area contributed by atoms with Gasteiger partial charge in [-0.05, 0) is 55.5 Å². The van der Waals surface area contributed by atoms with Crippen molar-refractivity contribution in [2.24, 2.45) is 0 Å². The highest BCUT2D eigenvalue weighted by Gasteiger charge is 2.21. The van der Waals surface area contributed by atoms with E-state index < -0.39 is 28.5 Å². The van der Waals surface area contributed by atoms with Crippen LogP contribution in [0.15, 0.2) is 71.6 Å². The summed E-state index contributed by atoms with van der Waals surface area (Å²) in [4.78, 5) is 24.8. The summed E-state index contributed by atoms with van der Waals surface area (Å²) in [6.07, 6.45) is 0. The highest BCUT2D eigenvalue weighted by molar-refractivity contribution is 7.92. The number of benzene rings is 3. The van der Waals surface area contributed by atoms with Crippen LogP contribution in [0.5, 0.6) is 11.5 Å². The molecule has 35 heavy (non-hydrogen) atoms. The lowest BCUT2D eigenvalue weighted by Gasteiger charge is -2.20. The van der Waals surface area contributed by atoms with Crippen LogP contribution >= 0.6 is 0 Å². The second-order valence-electron chi connectivity index (χ2n) is 7.52. The molecule has 1 N–H and O–H groups in total. The Hall–Kier alpha value is -4.05. The Balaban J connectivity index is 1.62. The summed E-state index contributed by atoms with van der Waals surface area (Å²) in [6.45, 7) is 1.35. The molecule has 0 aliphatic carbocycles. The van der Waals surface area contributed by atoms with Crippen molar-refractivity contribution in [3.63, 3.8) is 0 Å². The molecule has 0 aromatic heterocycles. The van der Waals surface area contributed by atoms with Crippen molar-refractivity contribution in [1.29, 1.82) is 0 Å². The summed E-state index contributed by atoms with van der Waals surface area (Å²) in [7, 11) is 0.630. The highest BCUT2D eigenvalue weighted by Crippen LogP contribution is 2.29. The van der Waals surface area contributed by atoms with Crippen molar-refractivity contribution in [3.8, 4) is 11.5 Å². The zero-order valence-corrected chi connectivity index (χ0v) is 20.6. The molecule has 0 heterocycles. The third-order valence-corrected chi connectivity index (χ3v) is 6.96. The van der Waals surface area contributed by atoms with Crippen LogP contribution in [0.2, 0.25) is 0 Å². The number of aryl methyl sites for hydroxylation is 1. The molecule has 0 radical (unpaired) electrons. The smallest absolute Gasteiger partial charge is 0.338 e. The summed E-state index contributed by atoms with van der Waals surface area (Å²) in [5, 5.41) is 2.61. The molecule has 0 saturated heterocycles. The Morgan fingerprint density at radius 2 is 1.57 bits per heavy atom. The molecule has 3 aromatic rings. The van der Waals surface area contributed by atoms with Gasteiger partial charge in [0.1, 0.15) is 11.5 Å². The number of esters is 1. The molecule has 184 valence electrons. The Morgan fingerprint density at radius 3 is 2.17 bits per heavy atom. The van der Waals surface area contributed by atoms with Gasteiger partial charge in [0.25, 0.3) is 15.9 Å². The maximum Gasteiger partial charge on any atom is 0.338 e. The second kappa shape index (κ2) is 10.9. The van der Waals surface area contributed by atoms with Gasteiger partial charge in [0, 0.05) is 13.1 Å². The molecule has 1 amide bonds. The van der Waals surface area contributed by atoms with E-state index in [4.69, 9.17) is 14.2 Å². The summed E-state index contributed by atoms with van der Waals surface area (Å²) in [5.74, 6) is -0.350. The number of carbonyl (C=O) groups is 2. The maximum absolute atomic E-state index is 12.8. The van der Waals surface area contributed by atoms with Gasteiger partial charge in [-0.25, -0.2) is 13.2 Å². The van der Waals surface area contributed by atoms with E-state index >= 15 is 0 Å². The molecule has 3 aromatic carbocycles. The molecular weight excluding hydrogens is 472 g/mol. The first-order valence-corrected chi connectivity index (χ1v) is 11.9. The number of nitrogens with zero attached hydrogens (tertiary/aromatic N) is 1. The molecule has 9 nitrogen and oxygen atoms in total. The summed E-state index contributed by atoms with van der Waals surface area (Å²) in [6, 6.07) is 17.3. The van der Waals surface area contributed by atoms with E-state index in [-0.39, 0.29) is 10.5 Å².